The summed E-state index contributed by atoms with van der Waals surface area (Å²) >= 11 is 1.49. The van der Waals surface area contributed by atoms with Crippen LogP contribution in [0.1, 0.15) is 36.9 Å². The smallest absolute Gasteiger partial charge is 0.233 e. The molecule has 0 fully saturated rings. The molecule has 0 unspecified atom stereocenters. The topological polar surface area (TPSA) is 46.9 Å². The minimum atomic E-state index is -0.157. The summed E-state index contributed by atoms with van der Waals surface area (Å²) < 4.78 is 1.93. The van der Waals surface area contributed by atoms with Gasteiger partial charge < -0.3 is 9.88 Å². The fraction of sp³-hybridized carbons (Fsp3) is 0.412. The summed E-state index contributed by atoms with van der Waals surface area (Å²) in [7, 11) is 1.94. The lowest BCUT2D eigenvalue weighted by Gasteiger charge is -2.27. The van der Waals surface area contributed by atoms with Crippen LogP contribution in [0.5, 0.6) is 0 Å². The molecule has 3 rings (SSSR count). The number of nitrogens with one attached hydrogen (secondary N) is 1. The summed E-state index contributed by atoms with van der Waals surface area (Å²) in [4.78, 5) is 16.8. The van der Waals surface area contributed by atoms with Crippen molar-refractivity contribution >= 4 is 17.7 Å². The van der Waals surface area contributed by atoms with Gasteiger partial charge in [0.05, 0.1) is 11.3 Å². The van der Waals surface area contributed by atoms with E-state index in [1.165, 1.54) is 22.9 Å². The van der Waals surface area contributed by atoms with Gasteiger partial charge in [-0.05, 0) is 37.3 Å². The second-order valence-electron chi connectivity index (χ2n) is 5.73. The van der Waals surface area contributed by atoms with Crippen molar-refractivity contribution in [3.8, 4) is 0 Å². The minimum Gasteiger partial charge on any atom is -0.348 e. The monoisotopic (exact) mass is 315 g/mol. The van der Waals surface area contributed by atoms with Crippen LogP contribution in [-0.4, -0.2) is 20.7 Å². The van der Waals surface area contributed by atoms with Crippen molar-refractivity contribution in [3.63, 3.8) is 0 Å². The number of carbonyl (C=O) groups is 1. The Hall–Kier alpha value is -1.75. The zero-order valence-electron chi connectivity index (χ0n) is 13.0. The quantitative estimate of drug-likeness (QED) is 0.882. The molecule has 1 aromatic heterocycles. The van der Waals surface area contributed by atoms with E-state index in [4.69, 9.17) is 0 Å². The minimum absolute atomic E-state index is 0.0784. The summed E-state index contributed by atoms with van der Waals surface area (Å²) in [5.41, 5.74) is 2.64. The van der Waals surface area contributed by atoms with Crippen LogP contribution >= 0.6 is 11.8 Å². The number of thioether (sulfide) groups is 1. The van der Waals surface area contributed by atoms with Crippen LogP contribution in [-0.2, 0) is 18.3 Å². The molecule has 1 amide bonds. The summed E-state index contributed by atoms with van der Waals surface area (Å²) in [6.07, 6.45) is 6.90. The normalized spacial score (nSPS) is 18.5. The van der Waals surface area contributed by atoms with E-state index in [1.54, 1.807) is 6.20 Å². The number of nitrogens with zero attached hydrogens (tertiary/aromatic N) is 2. The zero-order valence-corrected chi connectivity index (χ0v) is 13.8. The number of aryl methyl sites for hydroxylation is 2. The van der Waals surface area contributed by atoms with Crippen LogP contribution in [0.3, 0.4) is 0 Å². The summed E-state index contributed by atoms with van der Waals surface area (Å²) in [6, 6.07) is 8.56. The molecule has 0 aliphatic heterocycles. The van der Waals surface area contributed by atoms with Crippen molar-refractivity contribution in [1.29, 1.82) is 0 Å². The second-order valence-corrected chi connectivity index (χ2v) is 7.04. The van der Waals surface area contributed by atoms with Crippen molar-refractivity contribution < 1.29 is 4.79 Å². The third-order valence-corrected chi connectivity index (χ3v) is 5.29. The van der Waals surface area contributed by atoms with Gasteiger partial charge in [-0.1, -0.05) is 36.0 Å². The highest BCUT2D eigenvalue weighted by Gasteiger charge is 2.24. The number of rotatable bonds is 4. The van der Waals surface area contributed by atoms with Gasteiger partial charge in [-0.25, -0.2) is 4.98 Å². The van der Waals surface area contributed by atoms with E-state index in [9.17, 15) is 4.79 Å². The maximum Gasteiger partial charge on any atom is 0.233 e. The number of hydrogen-bond donors (Lipinski definition) is 1. The van der Waals surface area contributed by atoms with Crippen LogP contribution in [0.25, 0.3) is 0 Å². The Morgan fingerprint density at radius 3 is 3.05 bits per heavy atom. The van der Waals surface area contributed by atoms with E-state index in [2.05, 4.69) is 34.6 Å². The van der Waals surface area contributed by atoms with Gasteiger partial charge in [0.1, 0.15) is 0 Å². The predicted octanol–water partition coefficient (Wildman–Crippen LogP) is 3.09. The first kappa shape index (κ1) is 15.2. The summed E-state index contributed by atoms with van der Waals surface area (Å²) in [5.74, 6) is 0.0784. The number of imidazole rings is 1. The first-order chi connectivity index (χ1) is 10.6. The van der Waals surface area contributed by atoms with Crippen LogP contribution in [0.4, 0.5) is 0 Å². The number of aromatic nitrogens is 2. The lowest BCUT2D eigenvalue weighted by Crippen LogP contribution is -2.36. The van der Waals surface area contributed by atoms with Gasteiger partial charge in [-0.15, -0.1) is 0 Å². The Labute approximate surface area is 135 Å². The molecule has 0 saturated heterocycles. The predicted molar refractivity (Wildman–Crippen MR) is 88.8 cm³/mol. The average molecular weight is 315 g/mol. The van der Waals surface area contributed by atoms with E-state index in [-0.39, 0.29) is 17.2 Å². The molecule has 1 aromatic carbocycles. The molecule has 1 aliphatic carbocycles. The number of amides is 1. The molecule has 0 spiro atoms. The van der Waals surface area contributed by atoms with E-state index in [0.29, 0.717) is 0 Å². The molecular formula is C17H21N3OS. The van der Waals surface area contributed by atoms with E-state index >= 15 is 0 Å². The molecule has 2 atom stereocenters. The van der Waals surface area contributed by atoms with Crippen molar-refractivity contribution in [2.24, 2.45) is 7.05 Å². The highest BCUT2D eigenvalue weighted by molar-refractivity contribution is 8.00. The Balaban J connectivity index is 1.66. The third-order valence-electron chi connectivity index (χ3n) is 4.11. The highest BCUT2D eigenvalue weighted by atomic mass is 32.2. The van der Waals surface area contributed by atoms with E-state index in [1.807, 2.05) is 24.7 Å². The Morgan fingerprint density at radius 1 is 1.45 bits per heavy atom. The van der Waals surface area contributed by atoms with Crippen LogP contribution in [0.15, 0.2) is 41.8 Å². The molecule has 4 nitrogen and oxygen atoms in total. The Morgan fingerprint density at radius 2 is 2.27 bits per heavy atom. The first-order valence-corrected chi connectivity index (χ1v) is 8.55. The molecule has 5 heteroatoms. The van der Waals surface area contributed by atoms with Crippen molar-refractivity contribution in [2.75, 3.05) is 0 Å². The van der Waals surface area contributed by atoms with E-state index < -0.39 is 0 Å². The van der Waals surface area contributed by atoms with Crippen LogP contribution in [0, 0.1) is 0 Å². The third kappa shape index (κ3) is 3.19. The standard InChI is InChI=1S/C17H21N3OS/c1-12(22-17-18-10-11-20(17)2)16(21)19-15-9-5-7-13-6-3-4-8-14(13)15/h3-4,6,8,10-12,15H,5,7,9H2,1-2H3,(H,19,21)/t12-,15-/m1/s1. The van der Waals surface area contributed by atoms with Gasteiger partial charge in [0.2, 0.25) is 5.91 Å². The zero-order chi connectivity index (χ0) is 15.5. The SMILES string of the molecule is C[C@@H](Sc1nccn1C)C(=O)N[C@@H]1CCCc2ccccc21. The molecule has 1 heterocycles. The molecular weight excluding hydrogens is 294 g/mol. The van der Waals surface area contributed by atoms with Gasteiger partial charge in [-0.3, -0.25) is 4.79 Å². The molecule has 116 valence electrons. The Kier molecular flexibility index (Phi) is 4.52. The van der Waals surface area contributed by atoms with Crippen molar-refractivity contribution in [3.05, 3.63) is 47.8 Å². The molecule has 22 heavy (non-hydrogen) atoms. The van der Waals surface area contributed by atoms with Gasteiger partial charge in [0.25, 0.3) is 0 Å². The molecule has 0 radical (unpaired) electrons. The van der Waals surface area contributed by atoms with Gasteiger partial charge in [0, 0.05) is 19.4 Å². The van der Waals surface area contributed by atoms with Gasteiger partial charge in [-0.2, -0.15) is 0 Å². The summed E-state index contributed by atoms with van der Waals surface area (Å²) in [5, 5.41) is 3.92. The maximum atomic E-state index is 12.5. The average Bonchev–Trinajstić information content (AvgIpc) is 2.93. The number of hydrogen-bond acceptors (Lipinski definition) is 3. The van der Waals surface area contributed by atoms with Crippen LogP contribution < -0.4 is 5.32 Å². The summed E-state index contributed by atoms with van der Waals surface area (Å²) in [6.45, 7) is 1.93. The fourth-order valence-corrected chi connectivity index (χ4v) is 3.71. The molecule has 0 bridgehead atoms. The van der Waals surface area contributed by atoms with Crippen molar-refractivity contribution in [1.82, 2.24) is 14.9 Å². The fourth-order valence-electron chi connectivity index (χ4n) is 2.87. The van der Waals surface area contributed by atoms with Gasteiger partial charge in [0.15, 0.2) is 5.16 Å². The number of benzene rings is 1. The van der Waals surface area contributed by atoms with Crippen LogP contribution in [0.2, 0.25) is 0 Å². The van der Waals surface area contributed by atoms with Crippen molar-refractivity contribution in [2.45, 2.75) is 42.6 Å². The highest BCUT2D eigenvalue weighted by Crippen LogP contribution is 2.30. The Bertz CT molecular complexity index is 667. The first-order valence-electron chi connectivity index (χ1n) is 7.67. The molecule has 1 N–H and O–H groups in total. The second kappa shape index (κ2) is 6.57. The van der Waals surface area contributed by atoms with E-state index in [0.717, 1.165) is 24.4 Å². The lowest BCUT2D eigenvalue weighted by molar-refractivity contribution is -0.121. The lowest BCUT2D eigenvalue weighted by atomic mass is 9.88. The molecule has 1 aliphatic rings. The molecule has 2 aromatic rings. The maximum absolute atomic E-state index is 12.5. The number of carbonyl (C=O) groups excluding carboxylic acids is 1. The number of fused-ring (bicyclic) bond motifs is 1. The van der Waals surface area contributed by atoms with Gasteiger partial charge >= 0.3 is 0 Å². The largest absolute Gasteiger partial charge is 0.348 e. The molecule has 0 saturated carbocycles.